The molecule has 8 heteroatoms. The highest BCUT2D eigenvalue weighted by Gasteiger charge is 2.37. The van der Waals surface area contributed by atoms with Gasteiger partial charge in [-0.25, -0.2) is 0 Å². The number of hydrogen-bond acceptors (Lipinski definition) is 5. The number of aliphatic hydroxyl groups excluding tert-OH is 1. The molecule has 2 aromatic rings. The van der Waals surface area contributed by atoms with E-state index in [4.69, 9.17) is 16.3 Å². The van der Waals surface area contributed by atoms with Crippen LogP contribution in [0.1, 0.15) is 17.7 Å². The first-order valence-corrected chi connectivity index (χ1v) is 10.5. The lowest BCUT2D eigenvalue weighted by molar-refractivity contribution is -0.126. The van der Waals surface area contributed by atoms with E-state index in [1.165, 1.54) is 11.8 Å². The van der Waals surface area contributed by atoms with E-state index in [2.05, 4.69) is 11.8 Å². The second-order valence-electron chi connectivity index (χ2n) is 6.75. The number of aliphatic hydroxyl groups is 1. The van der Waals surface area contributed by atoms with Crippen LogP contribution in [0, 0.1) is 0 Å². The van der Waals surface area contributed by atoms with Gasteiger partial charge >= 0.3 is 0 Å². The zero-order valence-electron chi connectivity index (χ0n) is 16.7. The first kappa shape index (κ1) is 23.8. The molecule has 5 nitrogen and oxygen atoms in total. The van der Waals surface area contributed by atoms with Gasteiger partial charge in [0.05, 0.1) is 18.0 Å². The molecule has 0 spiro atoms. The van der Waals surface area contributed by atoms with E-state index < -0.39 is 11.4 Å². The lowest BCUT2D eigenvalue weighted by Gasteiger charge is -2.27. The van der Waals surface area contributed by atoms with E-state index in [0.717, 1.165) is 35.0 Å². The summed E-state index contributed by atoms with van der Waals surface area (Å²) in [5.74, 6) is 0.440. The number of carbonyl (C=O) groups excluding carboxylic acids is 1. The molecule has 1 N–H and O–H groups in total. The van der Waals surface area contributed by atoms with Crippen molar-refractivity contribution in [3.63, 3.8) is 0 Å². The molecule has 1 aliphatic rings. The van der Waals surface area contributed by atoms with Crippen LogP contribution >= 0.6 is 35.8 Å². The van der Waals surface area contributed by atoms with Gasteiger partial charge in [0.2, 0.25) is 0 Å². The van der Waals surface area contributed by atoms with E-state index in [0.29, 0.717) is 11.6 Å². The van der Waals surface area contributed by atoms with Crippen LogP contribution in [-0.2, 0) is 4.79 Å². The van der Waals surface area contributed by atoms with Gasteiger partial charge in [-0.05, 0) is 49.5 Å². The number of anilines is 1. The maximum absolute atomic E-state index is 13.2. The average Bonchev–Trinajstić information content (AvgIpc) is 2.81. The van der Waals surface area contributed by atoms with Crippen molar-refractivity contribution in [1.29, 1.82) is 0 Å². The molecule has 158 valence electrons. The monoisotopic (exact) mass is 456 g/mol. The normalized spacial score (nSPS) is 18.8. The van der Waals surface area contributed by atoms with Crippen LogP contribution in [0.4, 0.5) is 5.69 Å². The third kappa shape index (κ3) is 5.38. The largest absolute Gasteiger partial charge is 0.497 e. The van der Waals surface area contributed by atoms with Gasteiger partial charge in [-0.1, -0.05) is 30.7 Å². The van der Waals surface area contributed by atoms with Crippen LogP contribution in [0.2, 0.25) is 5.02 Å². The second kappa shape index (κ2) is 10.5. The van der Waals surface area contributed by atoms with Gasteiger partial charge in [-0.3, -0.25) is 4.79 Å². The maximum atomic E-state index is 13.2. The summed E-state index contributed by atoms with van der Waals surface area (Å²) in [4.78, 5) is 17.9. The lowest BCUT2D eigenvalue weighted by atomic mass is 10.1. The number of likely N-dealkylation sites (N-methyl/N-ethyl adjacent to an activating group) is 1. The lowest BCUT2D eigenvalue weighted by Crippen LogP contribution is -2.43. The first-order chi connectivity index (χ1) is 13.4. The summed E-state index contributed by atoms with van der Waals surface area (Å²) in [6.45, 7) is 4.18. The zero-order valence-corrected chi connectivity index (χ0v) is 19.1. The Morgan fingerprint density at radius 1 is 1.24 bits per heavy atom. The van der Waals surface area contributed by atoms with Crippen molar-refractivity contribution in [2.24, 2.45) is 0 Å². The van der Waals surface area contributed by atoms with Crippen molar-refractivity contribution < 1.29 is 14.6 Å². The first-order valence-electron chi connectivity index (χ1n) is 9.22. The predicted octanol–water partition coefficient (Wildman–Crippen LogP) is 4.26. The maximum Gasteiger partial charge on any atom is 0.257 e. The molecule has 0 aliphatic carbocycles. The number of fused-ring (bicyclic) bond motifs is 1. The minimum Gasteiger partial charge on any atom is -0.497 e. The van der Waals surface area contributed by atoms with Crippen LogP contribution in [0.5, 0.6) is 5.75 Å². The molecular weight excluding hydrogens is 431 g/mol. The van der Waals surface area contributed by atoms with E-state index in [9.17, 15) is 9.90 Å². The van der Waals surface area contributed by atoms with Crippen LogP contribution in [0.25, 0.3) is 0 Å². The number of methoxy groups -OCH3 is 1. The summed E-state index contributed by atoms with van der Waals surface area (Å²) in [5.41, 5.74) is 1.66. The molecule has 0 saturated carbocycles. The number of thioether (sulfide) groups is 1. The summed E-state index contributed by atoms with van der Waals surface area (Å²) in [7, 11) is 3.62. The fraction of sp³-hybridized carbons (Fsp3) is 0.381. The average molecular weight is 457 g/mol. The summed E-state index contributed by atoms with van der Waals surface area (Å²) < 4.78 is 5.22. The van der Waals surface area contributed by atoms with Crippen LogP contribution in [0.15, 0.2) is 47.4 Å². The SMILES string of the molecule is CCN(C)CCN1C(=O)[C@@H](O)[C@@H](c2ccc(OC)cc2)Sc2cc(Cl)ccc21.Cl. The quantitative estimate of drug-likeness (QED) is 0.703. The third-order valence-electron chi connectivity index (χ3n) is 4.96. The molecule has 0 unspecified atom stereocenters. The van der Waals surface area contributed by atoms with E-state index >= 15 is 0 Å². The van der Waals surface area contributed by atoms with Gasteiger partial charge in [0.1, 0.15) is 11.9 Å². The topological polar surface area (TPSA) is 53.0 Å². The Hall–Kier alpha value is -1.44. The van der Waals surface area contributed by atoms with Gasteiger partial charge in [-0.15, -0.1) is 24.2 Å². The third-order valence-corrected chi connectivity index (χ3v) is 6.56. The molecule has 2 aromatic carbocycles. The van der Waals surface area contributed by atoms with Gasteiger partial charge in [0.15, 0.2) is 0 Å². The fourth-order valence-electron chi connectivity index (χ4n) is 3.12. The molecule has 0 fully saturated rings. The van der Waals surface area contributed by atoms with Crippen LogP contribution in [0.3, 0.4) is 0 Å². The number of halogens is 2. The number of hydrogen-bond donors (Lipinski definition) is 1. The highest BCUT2D eigenvalue weighted by atomic mass is 35.5. The molecule has 0 aromatic heterocycles. The van der Waals surface area contributed by atoms with Crippen molar-refractivity contribution in [2.75, 3.05) is 38.7 Å². The molecule has 29 heavy (non-hydrogen) atoms. The number of benzene rings is 2. The number of amides is 1. The molecule has 3 rings (SSSR count). The molecule has 2 atom stereocenters. The number of carbonyl (C=O) groups is 1. The number of rotatable bonds is 6. The Balaban J connectivity index is 0.00000300. The fourth-order valence-corrected chi connectivity index (χ4v) is 4.66. The van der Waals surface area contributed by atoms with Gasteiger partial charge < -0.3 is 19.6 Å². The standard InChI is InChI=1S/C21H25ClN2O3S.ClH/c1-4-23(2)11-12-24-17-10-7-15(22)13-18(17)28-20(19(25)21(24)26)14-5-8-16(27-3)9-6-14;/h5-10,13,19-20,25H,4,11-12H2,1-3H3;1H/t19-,20+;/m0./s1. The smallest absolute Gasteiger partial charge is 0.257 e. The Bertz CT molecular complexity index is 835. The van der Waals surface area contributed by atoms with Crippen LogP contribution in [-0.4, -0.2) is 55.8 Å². The second-order valence-corrected chi connectivity index (χ2v) is 8.37. The minimum atomic E-state index is -1.16. The van der Waals surface area contributed by atoms with Crippen molar-refractivity contribution in [3.8, 4) is 5.75 Å². The highest BCUT2D eigenvalue weighted by Crippen LogP contribution is 2.46. The molecule has 1 amide bonds. The summed E-state index contributed by atoms with van der Waals surface area (Å²) in [6.07, 6.45) is -1.16. The Morgan fingerprint density at radius 2 is 1.93 bits per heavy atom. The van der Waals surface area contributed by atoms with Gasteiger partial charge in [0.25, 0.3) is 5.91 Å². The summed E-state index contributed by atoms with van der Waals surface area (Å²) in [5, 5.41) is 11.1. The van der Waals surface area contributed by atoms with E-state index in [-0.39, 0.29) is 18.3 Å². The van der Waals surface area contributed by atoms with Crippen molar-refractivity contribution in [2.45, 2.75) is 23.2 Å². The van der Waals surface area contributed by atoms with Gasteiger partial charge in [0, 0.05) is 23.0 Å². The van der Waals surface area contributed by atoms with E-state index in [1.54, 1.807) is 18.1 Å². The summed E-state index contributed by atoms with van der Waals surface area (Å²) >= 11 is 7.69. The molecule has 0 bridgehead atoms. The van der Waals surface area contributed by atoms with Crippen molar-refractivity contribution >= 4 is 47.4 Å². The molecular formula is C21H26Cl2N2O3S. The van der Waals surface area contributed by atoms with E-state index in [1.807, 2.05) is 43.4 Å². The Labute approximate surface area is 187 Å². The minimum absolute atomic E-state index is 0. The van der Waals surface area contributed by atoms with Gasteiger partial charge in [-0.2, -0.15) is 0 Å². The molecule has 0 radical (unpaired) electrons. The number of nitrogens with zero attached hydrogens (tertiary/aromatic N) is 2. The molecule has 1 heterocycles. The summed E-state index contributed by atoms with van der Waals surface area (Å²) in [6, 6.07) is 13.0. The Morgan fingerprint density at radius 3 is 2.55 bits per heavy atom. The Kier molecular flexibility index (Phi) is 8.67. The van der Waals surface area contributed by atoms with Crippen molar-refractivity contribution in [1.82, 2.24) is 4.90 Å². The zero-order chi connectivity index (χ0) is 20.3. The highest BCUT2D eigenvalue weighted by molar-refractivity contribution is 7.99. The van der Waals surface area contributed by atoms with Crippen LogP contribution < -0.4 is 9.64 Å². The predicted molar refractivity (Wildman–Crippen MR) is 122 cm³/mol. The molecule has 1 aliphatic heterocycles. The molecule has 0 saturated heterocycles. The number of ether oxygens (including phenoxy) is 1. The van der Waals surface area contributed by atoms with Crippen molar-refractivity contribution in [3.05, 3.63) is 53.1 Å².